The first-order valence-corrected chi connectivity index (χ1v) is 16.6. The minimum atomic E-state index is -1.27. The summed E-state index contributed by atoms with van der Waals surface area (Å²) in [5.74, 6) is -2.49. The zero-order valence-electron chi connectivity index (χ0n) is 25.2. The number of carboxylic acids is 1. The molecule has 2 heterocycles. The molecule has 9 heteroatoms. The highest BCUT2D eigenvalue weighted by molar-refractivity contribution is 6.31. The van der Waals surface area contributed by atoms with E-state index < -0.39 is 40.1 Å². The number of fused-ring (bicyclic) bond motifs is 6. The number of Topliss-reactive ketones (excluding diaryl/α,β-unsaturated/α-hetero) is 1. The molecule has 3 N–H and O–H groups in total. The third kappa shape index (κ3) is 4.17. The number of aliphatic carboxylic acids is 1. The average molecular weight is 642 g/mol. The van der Waals surface area contributed by atoms with Gasteiger partial charge in [-0.15, -0.1) is 0 Å². The lowest BCUT2D eigenvalue weighted by Crippen LogP contribution is -2.61. The van der Waals surface area contributed by atoms with E-state index in [1.54, 1.807) is 24.3 Å². The van der Waals surface area contributed by atoms with Crippen molar-refractivity contribution in [1.29, 1.82) is 0 Å². The summed E-state index contributed by atoms with van der Waals surface area (Å²) in [6.07, 6.45) is 6.98. The van der Waals surface area contributed by atoms with Gasteiger partial charge < -0.3 is 10.4 Å². The van der Waals surface area contributed by atoms with E-state index in [4.69, 9.17) is 23.2 Å². The van der Waals surface area contributed by atoms with E-state index in [0.717, 1.165) is 18.4 Å². The topological polar surface area (TPSA) is 95.5 Å². The van der Waals surface area contributed by atoms with Gasteiger partial charge in [-0.3, -0.25) is 19.7 Å². The van der Waals surface area contributed by atoms with Gasteiger partial charge in [0, 0.05) is 28.6 Å². The smallest absolute Gasteiger partial charge is 0.309 e. The Kier molecular flexibility index (Phi) is 6.87. The third-order valence-electron chi connectivity index (χ3n) is 12.5. The second-order valence-corrected chi connectivity index (χ2v) is 16.0. The van der Waals surface area contributed by atoms with Crippen LogP contribution in [-0.4, -0.2) is 34.3 Å². The zero-order valence-corrected chi connectivity index (χ0v) is 26.7. The van der Waals surface area contributed by atoms with Gasteiger partial charge in [-0.2, -0.15) is 0 Å². The summed E-state index contributed by atoms with van der Waals surface area (Å²) in [5.41, 5.74) is -1.39. The van der Waals surface area contributed by atoms with Crippen LogP contribution in [0.15, 0.2) is 36.4 Å². The van der Waals surface area contributed by atoms with Crippen molar-refractivity contribution in [1.82, 2.24) is 5.32 Å². The minimum absolute atomic E-state index is 0.0459. The first-order valence-electron chi connectivity index (χ1n) is 15.9. The van der Waals surface area contributed by atoms with Crippen molar-refractivity contribution in [2.75, 3.05) is 5.32 Å². The summed E-state index contributed by atoms with van der Waals surface area (Å²) in [4.78, 5) is 41.5. The molecule has 1 amide bonds. The Labute approximate surface area is 267 Å². The number of benzene rings is 2. The average Bonchev–Trinajstić information content (AvgIpc) is 3.45. The van der Waals surface area contributed by atoms with E-state index >= 15 is 4.39 Å². The molecular formula is C35H39Cl2FN2O4. The van der Waals surface area contributed by atoms with Crippen LogP contribution in [0.1, 0.15) is 102 Å². The van der Waals surface area contributed by atoms with Crippen molar-refractivity contribution in [3.8, 4) is 0 Å². The molecule has 2 aliphatic heterocycles. The van der Waals surface area contributed by atoms with Crippen LogP contribution in [0.25, 0.3) is 0 Å². The Hall–Kier alpha value is -2.48. The number of halogens is 3. The number of carboxylic acid groups (broad SMARTS) is 1. The van der Waals surface area contributed by atoms with Gasteiger partial charge in [-0.1, -0.05) is 55.2 Å². The van der Waals surface area contributed by atoms with Crippen molar-refractivity contribution in [3.63, 3.8) is 0 Å². The largest absolute Gasteiger partial charge is 0.481 e. The van der Waals surface area contributed by atoms with Gasteiger partial charge in [-0.25, -0.2) is 4.39 Å². The van der Waals surface area contributed by atoms with Crippen molar-refractivity contribution >= 4 is 46.5 Å². The molecule has 2 aromatic rings. The molecule has 6 nitrogen and oxygen atoms in total. The summed E-state index contributed by atoms with van der Waals surface area (Å²) < 4.78 is 16.2. The maximum atomic E-state index is 16.2. The lowest BCUT2D eigenvalue weighted by molar-refractivity contribution is -0.159. The summed E-state index contributed by atoms with van der Waals surface area (Å²) in [7, 11) is 0. The number of hydrogen-bond acceptors (Lipinski definition) is 4. The van der Waals surface area contributed by atoms with Crippen molar-refractivity contribution in [2.24, 2.45) is 16.2 Å². The Morgan fingerprint density at radius 1 is 0.955 bits per heavy atom. The molecular weight excluding hydrogens is 602 g/mol. The normalized spacial score (nSPS) is 34.7. The van der Waals surface area contributed by atoms with Crippen molar-refractivity contribution in [2.45, 2.75) is 107 Å². The van der Waals surface area contributed by atoms with Gasteiger partial charge in [-0.05, 0) is 104 Å². The number of ketones is 1. The summed E-state index contributed by atoms with van der Waals surface area (Å²) in [5, 5.41) is 17.2. The molecule has 8 rings (SSSR count). The summed E-state index contributed by atoms with van der Waals surface area (Å²) >= 11 is 12.8. The molecule has 5 fully saturated rings. The fourth-order valence-corrected chi connectivity index (χ4v) is 10.1. The predicted molar refractivity (Wildman–Crippen MR) is 168 cm³/mol. The molecule has 1 saturated heterocycles. The van der Waals surface area contributed by atoms with Gasteiger partial charge in [0.1, 0.15) is 11.2 Å². The first-order chi connectivity index (χ1) is 20.8. The lowest BCUT2D eigenvalue weighted by atomic mass is 9.51. The fraction of sp³-hybridized carbons (Fsp3) is 0.571. The van der Waals surface area contributed by atoms with E-state index in [1.165, 1.54) is 6.07 Å². The van der Waals surface area contributed by atoms with Crippen LogP contribution in [0.4, 0.5) is 10.1 Å². The zero-order chi connectivity index (χ0) is 31.3. The molecule has 4 aliphatic carbocycles. The van der Waals surface area contributed by atoms with Crippen LogP contribution in [0.5, 0.6) is 0 Å². The Bertz CT molecular complexity index is 1560. The van der Waals surface area contributed by atoms with E-state index in [9.17, 15) is 19.5 Å². The molecule has 2 bridgehead atoms. The van der Waals surface area contributed by atoms with E-state index in [0.29, 0.717) is 62.1 Å². The van der Waals surface area contributed by atoms with Crippen molar-refractivity contribution < 1.29 is 23.9 Å². The molecule has 234 valence electrons. The molecule has 44 heavy (non-hydrogen) atoms. The highest BCUT2D eigenvalue weighted by atomic mass is 35.5. The van der Waals surface area contributed by atoms with Crippen LogP contribution < -0.4 is 10.6 Å². The predicted octanol–water partition coefficient (Wildman–Crippen LogP) is 7.80. The van der Waals surface area contributed by atoms with Crippen molar-refractivity contribution in [3.05, 3.63) is 63.4 Å². The Balaban J connectivity index is 1.38. The molecule has 6 aliphatic rings. The number of hydrogen-bond donors (Lipinski definition) is 3. The van der Waals surface area contributed by atoms with Crippen LogP contribution in [0, 0.1) is 22.1 Å². The number of rotatable bonds is 5. The van der Waals surface area contributed by atoms with Gasteiger partial charge >= 0.3 is 5.97 Å². The van der Waals surface area contributed by atoms with Crippen LogP contribution in [-0.2, 0) is 19.8 Å². The molecule has 2 aromatic carbocycles. The van der Waals surface area contributed by atoms with Gasteiger partial charge in [0.15, 0.2) is 5.78 Å². The number of anilines is 1. The quantitative estimate of drug-likeness (QED) is 0.310. The van der Waals surface area contributed by atoms with Gasteiger partial charge in [0.25, 0.3) is 0 Å². The van der Waals surface area contributed by atoms with Crippen LogP contribution in [0.2, 0.25) is 10.0 Å². The second kappa shape index (κ2) is 10.0. The van der Waals surface area contributed by atoms with Gasteiger partial charge in [0.2, 0.25) is 5.91 Å². The maximum Gasteiger partial charge on any atom is 0.309 e. The standard InChI is InChI=1S/C35H39Cl2FN2O4/c1-31(2)8-16-34(17-9-31)35(22-7-6-20(36)18-24(22)39-29(35)42)26(21-4-3-5-23(37)27(21)38)28(40-34)25(41)19-32-10-13-33(14-11-32,15-12-32)30(43)44/h3-7,18,26,28,40H,8-17,19H2,1-2H3,(H,39,42)(H,43,44)/t26-,28-,32?,33?,35+/m0/s1. The highest BCUT2D eigenvalue weighted by Gasteiger charge is 2.73. The number of carbonyl (C=O) groups excluding carboxylic acids is 2. The SMILES string of the molecule is CC1(C)CCC2(CC1)N[C@@H](C(=O)CC13CCC(C(=O)O)(CC1)CC3)[C@H](c1cccc(Cl)c1F)[C@]21C(=O)Nc2cc(Cl)ccc21. The number of carbonyl (C=O) groups is 3. The monoisotopic (exact) mass is 640 g/mol. The molecule has 2 spiro atoms. The first kappa shape index (κ1) is 30.2. The summed E-state index contributed by atoms with van der Waals surface area (Å²) in [6, 6.07) is 9.39. The lowest BCUT2D eigenvalue weighted by Gasteiger charge is -2.51. The Morgan fingerprint density at radius 3 is 2.25 bits per heavy atom. The molecule has 4 saturated carbocycles. The van der Waals surface area contributed by atoms with Crippen LogP contribution in [0.3, 0.4) is 0 Å². The molecule has 3 atom stereocenters. The molecule has 0 aromatic heterocycles. The second-order valence-electron chi connectivity index (χ2n) is 15.2. The van der Waals surface area contributed by atoms with E-state index in [-0.39, 0.29) is 39.5 Å². The number of amides is 1. The van der Waals surface area contributed by atoms with Crippen LogP contribution >= 0.6 is 23.2 Å². The fourth-order valence-electron chi connectivity index (χ4n) is 9.79. The highest BCUT2D eigenvalue weighted by Crippen LogP contribution is 2.65. The minimum Gasteiger partial charge on any atom is -0.481 e. The van der Waals surface area contributed by atoms with Gasteiger partial charge in [0.05, 0.1) is 16.5 Å². The molecule has 0 radical (unpaired) electrons. The molecule has 0 unspecified atom stereocenters. The van der Waals surface area contributed by atoms with E-state index in [2.05, 4.69) is 24.5 Å². The van der Waals surface area contributed by atoms with E-state index in [1.807, 2.05) is 6.07 Å². The maximum absolute atomic E-state index is 16.2. The number of nitrogens with one attached hydrogen (secondary N) is 2. The summed E-state index contributed by atoms with van der Waals surface area (Å²) in [6.45, 7) is 4.45. The third-order valence-corrected chi connectivity index (χ3v) is 13.1. The Morgan fingerprint density at radius 2 is 1.61 bits per heavy atom.